The molecule has 4 heteroatoms. The lowest BCUT2D eigenvalue weighted by Crippen LogP contribution is -1.96. The second-order valence-electron chi connectivity index (χ2n) is 5.23. The molecule has 0 amide bonds. The van der Waals surface area contributed by atoms with Gasteiger partial charge in [-0.05, 0) is 38.3 Å². The minimum Gasteiger partial charge on any atom is -0.293 e. The summed E-state index contributed by atoms with van der Waals surface area (Å²) in [6.45, 7) is 2.25. The van der Waals surface area contributed by atoms with Gasteiger partial charge in [0.25, 0.3) is 0 Å². The van der Waals surface area contributed by atoms with Crippen LogP contribution in [0.5, 0.6) is 0 Å². The number of unbranched alkanes of at least 4 members (excludes halogenated alkanes) is 8. The molecule has 1 rings (SSSR count). The lowest BCUT2D eigenvalue weighted by atomic mass is 10.1. The van der Waals surface area contributed by atoms with Crippen molar-refractivity contribution < 1.29 is 4.79 Å². The third-order valence-electron chi connectivity index (χ3n) is 3.45. The van der Waals surface area contributed by atoms with Crippen LogP contribution in [-0.2, 0) is 0 Å². The lowest BCUT2D eigenvalue weighted by Gasteiger charge is -2.02. The predicted octanol–water partition coefficient (Wildman–Crippen LogP) is 7.38. The third-order valence-corrected chi connectivity index (χ3v) is 7.02. The van der Waals surface area contributed by atoms with E-state index in [1.165, 1.54) is 62.7 Å². The molecular formula is C16H24Br2OS. The summed E-state index contributed by atoms with van der Waals surface area (Å²) < 4.78 is 1.90. The smallest absolute Gasteiger partial charge is 0.173 e. The number of thiophene rings is 1. The van der Waals surface area contributed by atoms with Crippen LogP contribution in [0.1, 0.15) is 80.8 Å². The maximum Gasteiger partial charge on any atom is 0.173 e. The molecule has 0 unspecified atom stereocenters. The monoisotopic (exact) mass is 422 g/mol. The van der Waals surface area contributed by atoms with Gasteiger partial charge in [0.2, 0.25) is 0 Å². The molecule has 1 aromatic rings. The summed E-state index contributed by atoms with van der Waals surface area (Å²) in [5.74, 6) is 0.274. The van der Waals surface area contributed by atoms with Crippen LogP contribution < -0.4 is 0 Å². The molecule has 20 heavy (non-hydrogen) atoms. The van der Waals surface area contributed by atoms with Crippen molar-refractivity contribution >= 4 is 49.0 Å². The molecule has 0 aliphatic heterocycles. The largest absolute Gasteiger partial charge is 0.293 e. The van der Waals surface area contributed by atoms with Crippen LogP contribution >= 0.6 is 43.2 Å². The molecule has 1 nitrogen and oxygen atoms in total. The molecule has 0 aliphatic rings. The van der Waals surface area contributed by atoms with Crippen LogP contribution in [0, 0.1) is 0 Å². The second kappa shape index (κ2) is 11.0. The highest BCUT2D eigenvalue weighted by Gasteiger charge is 2.14. The first kappa shape index (κ1) is 18.4. The Morgan fingerprint density at radius 1 is 1.00 bits per heavy atom. The third kappa shape index (κ3) is 6.86. The summed E-state index contributed by atoms with van der Waals surface area (Å²) in [7, 11) is 0. The maximum atomic E-state index is 12.0. The quantitative estimate of drug-likeness (QED) is 0.268. The average molecular weight is 424 g/mol. The van der Waals surface area contributed by atoms with E-state index in [0.29, 0.717) is 6.42 Å². The molecule has 0 aliphatic carbocycles. The van der Waals surface area contributed by atoms with E-state index in [-0.39, 0.29) is 5.78 Å². The summed E-state index contributed by atoms with van der Waals surface area (Å²) in [6.07, 6.45) is 12.3. The van der Waals surface area contributed by atoms with Gasteiger partial charge in [-0.1, -0.05) is 58.3 Å². The van der Waals surface area contributed by atoms with E-state index in [2.05, 4.69) is 38.8 Å². The van der Waals surface area contributed by atoms with Gasteiger partial charge in [0.05, 0.1) is 9.35 Å². The first-order chi connectivity index (χ1) is 9.66. The Kier molecular flexibility index (Phi) is 10.1. The number of ketones is 1. The minimum absolute atomic E-state index is 0.274. The Balaban J connectivity index is 2.04. The molecule has 0 spiro atoms. The van der Waals surface area contributed by atoms with Gasteiger partial charge in [-0.3, -0.25) is 4.79 Å². The van der Waals surface area contributed by atoms with Crippen molar-refractivity contribution in [2.24, 2.45) is 0 Å². The van der Waals surface area contributed by atoms with Gasteiger partial charge in [-0.15, -0.1) is 11.3 Å². The van der Waals surface area contributed by atoms with Crippen LogP contribution in [-0.4, -0.2) is 5.78 Å². The fraction of sp³-hybridized carbons (Fsp3) is 0.688. The molecule has 0 aromatic carbocycles. The number of halogens is 2. The molecule has 0 saturated heterocycles. The molecule has 0 atom stereocenters. The lowest BCUT2D eigenvalue weighted by molar-refractivity contribution is 0.0982. The number of Topliss-reactive ketones (excluding diaryl/α,β-unsaturated/α-hetero) is 1. The van der Waals surface area contributed by atoms with Crippen LogP contribution in [0.4, 0.5) is 0 Å². The number of hydrogen-bond acceptors (Lipinski definition) is 2. The molecule has 0 fully saturated rings. The van der Waals surface area contributed by atoms with E-state index in [1.807, 2.05) is 5.38 Å². The zero-order chi connectivity index (χ0) is 14.8. The van der Waals surface area contributed by atoms with Gasteiger partial charge in [-0.25, -0.2) is 0 Å². The summed E-state index contributed by atoms with van der Waals surface area (Å²) in [5.41, 5.74) is 0. The van der Waals surface area contributed by atoms with Crippen LogP contribution in [0.25, 0.3) is 0 Å². The van der Waals surface area contributed by atoms with Crippen LogP contribution in [0.3, 0.4) is 0 Å². The van der Waals surface area contributed by atoms with Crippen molar-refractivity contribution in [1.29, 1.82) is 0 Å². The maximum absolute atomic E-state index is 12.0. The van der Waals surface area contributed by atoms with Crippen molar-refractivity contribution in [2.75, 3.05) is 0 Å². The highest BCUT2D eigenvalue weighted by Crippen LogP contribution is 2.33. The van der Waals surface area contributed by atoms with E-state index in [1.54, 1.807) is 0 Å². The number of carbonyl (C=O) groups is 1. The van der Waals surface area contributed by atoms with E-state index < -0.39 is 0 Å². The second-order valence-corrected chi connectivity index (χ2v) is 7.76. The predicted molar refractivity (Wildman–Crippen MR) is 95.9 cm³/mol. The molecule has 1 aromatic heterocycles. The molecule has 1 heterocycles. The Morgan fingerprint density at radius 3 is 2.05 bits per heavy atom. The van der Waals surface area contributed by atoms with Gasteiger partial charge in [0, 0.05) is 16.3 Å². The summed E-state index contributed by atoms with van der Waals surface area (Å²) in [6, 6.07) is 0. The van der Waals surface area contributed by atoms with Crippen molar-refractivity contribution in [2.45, 2.75) is 71.1 Å². The molecule has 0 bridgehead atoms. The molecule has 0 radical (unpaired) electrons. The number of rotatable bonds is 11. The fourth-order valence-electron chi connectivity index (χ4n) is 2.22. The van der Waals surface area contributed by atoms with Gasteiger partial charge in [0.15, 0.2) is 5.78 Å². The van der Waals surface area contributed by atoms with Crippen molar-refractivity contribution in [3.05, 3.63) is 19.2 Å². The van der Waals surface area contributed by atoms with Crippen LogP contribution in [0.2, 0.25) is 0 Å². The van der Waals surface area contributed by atoms with E-state index in [9.17, 15) is 4.79 Å². The van der Waals surface area contributed by atoms with Crippen molar-refractivity contribution in [3.63, 3.8) is 0 Å². The SMILES string of the molecule is CCCCCCCCCCCC(=O)c1scc(Br)c1Br. The van der Waals surface area contributed by atoms with E-state index in [0.717, 1.165) is 20.2 Å². The van der Waals surface area contributed by atoms with Gasteiger partial charge >= 0.3 is 0 Å². The number of carbonyl (C=O) groups excluding carboxylic acids is 1. The average Bonchev–Trinajstić information content (AvgIpc) is 2.77. The topological polar surface area (TPSA) is 17.1 Å². The molecule has 0 saturated carbocycles. The van der Waals surface area contributed by atoms with Gasteiger partial charge < -0.3 is 0 Å². The molecule has 0 N–H and O–H groups in total. The standard InChI is InChI=1S/C16H24Br2OS/c1-2-3-4-5-6-7-8-9-10-11-14(19)16-15(18)13(17)12-20-16/h12H,2-11H2,1H3. The Hall–Kier alpha value is 0.330. The van der Waals surface area contributed by atoms with E-state index in [4.69, 9.17) is 0 Å². The molecular weight excluding hydrogens is 400 g/mol. The number of hydrogen-bond donors (Lipinski definition) is 0. The zero-order valence-corrected chi connectivity index (χ0v) is 16.2. The van der Waals surface area contributed by atoms with Crippen molar-refractivity contribution in [1.82, 2.24) is 0 Å². The summed E-state index contributed by atoms with van der Waals surface area (Å²) in [5, 5.41) is 1.97. The fourth-order valence-corrected chi connectivity index (χ4v) is 4.38. The van der Waals surface area contributed by atoms with E-state index >= 15 is 0 Å². The first-order valence-electron chi connectivity index (χ1n) is 7.62. The highest BCUT2D eigenvalue weighted by atomic mass is 79.9. The van der Waals surface area contributed by atoms with Gasteiger partial charge in [-0.2, -0.15) is 0 Å². The highest BCUT2D eigenvalue weighted by molar-refractivity contribution is 9.13. The Bertz CT molecular complexity index is 401. The van der Waals surface area contributed by atoms with Gasteiger partial charge in [0.1, 0.15) is 0 Å². The summed E-state index contributed by atoms with van der Waals surface area (Å²) >= 11 is 8.40. The first-order valence-corrected chi connectivity index (χ1v) is 10.1. The molecule has 114 valence electrons. The summed E-state index contributed by atoms with van der Waals surface area (Å²) in [4.78, 5) is 12.9. The Labute approximate surface area is 143 Å². The Morgan fingerprint density at radius 2 is 1.55 bits per heavy atom. The minimum atomic E-state index is 0.274. The normalized spacial score (nSPS) is 10.9. The zero-order valence-electron chi connectivity index (χ0n) is 12.2. The van der Waals surface area contributed by atoms with Crippen molar-refractivity contribution in [3.8, 4) is 0 Å². The van der Waals surface area contributed by atoms with Crippen LogP contribution in [0.15, 0.2) is 14.3 Å².